The highest BCUT2D eigenvalue weighted by molar-refractivity contribution is 6.12. The quantitative estimate of drug-likeness (QED) is 0.300. The molecule has 0 aliphatic carbocycles. The lowest BCUT2D eigenvalue weighted by Gasteiger charge is -2.05. The molecule has 0 saturated carbocycles. The van der Waals surface area contributed by atoms with Crippen molar-refractivity contribution in [2.24, 2.45) is 4.99 Å². The van der Waals surface area contributed by atoms with E-state index in [1.807, 2.05) is 43.3 Å². The van der Waals surface area contributed by atoms with Gasteiger partial charge in [0.25, 0.3) is 0 Å². The van der Waals surface area contributed by atoms with Gasteiger partial charge in [0.05, 0.1) is 5.56 Å². The maximum atomic E-state index is 12.3. The predicted octanol–water partition coefficient (Wildman–Crippen LogP) is 5.68. The van der Waals surface area contributed by atoms with E-state index in [0.29, 0.717) is 23.1 Å². The van der Waals surface area contributed by atoms with Gasteiger partial charge in [-0.05, 0) is 66.4 Å². The Morgan fingerprint density at radius 1 is 1.00 bits per heavy atom. The van der Waals surface area contributed by atoms with E-state index in [1.54, 1.807) is 42.5 Å². The van der Waals surface area contributed by atoms with Crippen LogP contribution in [-0.2, 0) is 9.53 Å². The van der Waals surface area contributed by atoms with Crippen LogP contribution in [0.1, 0.15) is 52.4 Å². The van der Waals surface area contributed by atoms with Crippen LogP contribution in [0.2, 0.25) is 0 Å². The molecule has 0 bridgehead atoms. The molecular weight excluding hydrogens is 402 g/mol. The summed E-state index contributed by atoms with van der Waals surface area (Å²) in [5.41, 5.74) is 4.40. The van der Waals surface area contributed by atoms with E-state index in [4.69, 9.17) is 9.47 Å². The van der Waals surface area contributed by atoms with Gasteiger partial charge in [0.1, 0.15) is 5.75 Å². The van der Waals surface area contributed by atoms with E-state index in [2.05, 4.69) is 18.8 Å². The van der Waals surface area contributed by atoms with Crippen molar-refractivity contribution in [2.45, 2.75) is 26.7 Å². The lowest BCUT2D eigenvalue weighted by molar-refractivity contribution is -0.129. The Balaban J connectivity index is 1.47. The number of aryl methyl sites for hydroxylation is 1. The Labute approximate surface area is 187 Å². The van der Waals surface area contributed by atoms with Crippen molar-refractivity contribution in [2.75, 3.05) is 0 Å². The molecule has 4 rings (SSSR count). The Hall–Kier alpha value is -3.99. The van der Waals surface area contributed by atoms with Crippen molar-refractivity contribution >= 4 is 23.9 Å². The topological polar surface area (TPSA) is 65.0 Å². The first-order valence-corrected chi connectivity index (χ1v) is 10.4. The third kappa shape index (κ3) is 4.83. The van der Waals surface area contributed by atoms with Crippen LogP contribution in [0.15, 0.2) is 83.5 Å². The first kappa shape index (κ1) is 21.2. The van der Waals surface area contributed by atoms with Gasteiger partial charge in [-0.25, -0.2) is 14.6 Å². The smallest absolute Gasteiger partial charge is 0.363 e. The predicted molar refractivity (Wildman–Crippen MR) is 124 cm³/mol. The summed E-state index contributed by atoms with van der Waals surface area (Å²) in [5.74, 6) is 0.216. The number of cyclic esters (lactones) is 1. The molecule has 5 nitrogen and oxygen atoms in total. The van der Waals surface area contributed by atoms with Crippen molar-refractivity contribution in [1.29, 1.82) is 0 Å². The number of aliphatic imine (C=N–C) groups is 1. The highest BCUT2D eigenvalue weighted by Crippen LogP contribution is 2.22. The van der Waals surface area contributed by atoms with Crippen molar-refractivity contribution < 1.29 is 19.1 Å². The fourth-order valence-electron chi connectivity index (χ4n) is 3.27. The second-order valence-corrected chi connectivity index (χ2v) is 7.94. The van der Waals surface area contributed by atoms with E-state index in [9.17, 15) is 9.59 Å². The number of hydrogen-bond acceptors (Lipinski definition) is 5. The third-order valence-electron chi connectivity index (χ3n) is 5.09. The zero-order chi connectivity index (χ0) is 22.7. The summed E-state index contributed by atoms with van der Waals surface area (Å²) in [6, 6.07) is 21.9. The normalized spacial score (nSPS) is 14.4. The van der Waals surface area contributed by atoms with Crippen LogP contribution >= 0.6 is 0 Å². The van der Waals surface area contributed by atoms with Gasteiger partial charge < -0.3 is 9.47 Å². The van der Waals surface area contributed by atoms with Gasteiger partial charge in [-0.3, -0.25) is 0 Å². The molecule has 3 aromatic rings. The molecule has 1 aliphatic rings. The molecule has 0 radical (unpaired) electrons. The highest BCUT2D eigenvalue weighted by atomic mass is 16.6. The van der Waals surface area contributed by atoms with E-state index < -0.39 is 11.9 Å². The molecule has 1 heterocycles. The number of esters is 2. The summed E-state index contributed by atoms with van der Waals surface area (Å²) in [5, 5.41) is 0. The van der Waals surface area contributed by atoms with Crippen LogP contribution in [-0.4, -0.2) is 17.8 Å². The van der Waals surface area contributed by atoms with E-state index in [1.165, 1.54) is 5.56 Å². The number of hydrogen-bond donors (Lipinski definition) is 0. The van der Waals surface area contributed by atoms with Crippen molar-refractivity contribution in [3.63, 3.8) is 0 Å². The van der Waals surface area contributed by atoms with Crippen LogP contribution in [0.3, 0.4) is 0 Å². The molecule has 0 amide bonds. The van der Waals surface area contributed by atoms with Crippen LogP contribution in [0, 0.1) is 6.92 Å². The standard InChI is InChI=1S/C27H23NO4/c1-17(2)20-9-11-21(12-10-20)25-28-24(27(30)32-25)16-19-7-13-23(14-8-19)31-26(29)22-6-4-5-18(3)15-22/h4-17H,1-3H3/b24-16-. The third-order valence-corrected chi connectivity index (χ3v) is 5.09. The lowest BCUT2D eigenvalue weighted by atomic mass is 10.0. The summed E-state index contributed by atoms with van der Waals surface area (Å²) in [6.45, 7) is 6.16. The van der Waals surface area contributed by atoms with Crippen LogP contribution in [0.5, 0.6) is 5.75 Å². The maximum absolute atomic E-state index is 12.3. The molecule has 0 fully saturated rings. The van der Waals surface area contributed by atoms with E-state index >= 15 is 0 Å². The fourth-order valence-corrected chi connectivity index (χ4v) is 3.27. The van der Waals surface area contributed by atoms with Gasteiger partial charge in [-0.15, -0.1) is 0 Å². The minimum atomic E-state index is -0.497. The van der Waals surface area contributed by atoms with Crippen molar-refractivity contribution in [3.05, 3.63) is 106 Å². The Bertz CT molecular complexity index is 1220. The van der Waals surface area contributed by atoms with Crippen LogP contribution in [0.4, 0.5) is 0 Å². The van der Waals surface area contributed by atoms with Gasteiger partial charge >= 0.3 is 11.9 Å². The molecule has 3 aromatic carbocycles. The van der Waals surface area contributed by atoms with Crippen molar-refractivity contribution in [1.82, 2.24) is 0 Å². The monoisotopic (exact) mass is 425 g/mol. The summed E-state index contributed by atoms with van der Waals surface area (Å²) < 4.78 is 10.8. The van der Waals surface area contributed by atoms with Crippen LogP contribution < -0.4 is 4.74 Å². The number of rotatable bonds is 5. The maximum Gasteiger partial charge on any atom is 0.363 e. The van der Waals surface area contributed by atoms with Gasteiger partial charge in [-0.1, -0.05) is 55.8 Å². The minimum Gasteiger partial charge on any atom is -0.423 e. The molecule has 1 aliphatic heterocycles. The molecule has 160 valence electrons. The largest absolute Gasteiger partial charge is 0.423 e. The Morgan fingerprint density at radius 2 is 1.72 bits per heavy atom. The molecule has 0 atom stereocenters. The van der Waals surface area contributed by atoms with E-state index in [-0.39, 0.29) is 5.70 Å². The summed E-state index contributed by atoms with van der Waals surface area (Å²) >= 11 is 0. The molecular formula is C27H23NO4. The number of benzene rings is 3. The zero-order valence-corrected chi connectivity index (χ0v) is 18.2. The van der Waals surface area contributed by atoms with E-state index in [0.717, 1.165) is 16.7 Å². The Kier molecular flexibility index (Phi) is 5.99. The molecule has 0 unspecified atom stereocenters. The van der Waals surface area contributed by atoms with Gasteiger partial charge in [0.15, 0.2) is 5.70 Å². The van der Waals surface area contributed by atoms with Gasteiger partial charge in [-0.2, -0.15) is 0 Å². The SMILES string of the molecule is Cc1cccc(C(=O)Oc2ccc(/C=C3\N=C(c4ccc(C(C)C)cc4)OC3=O)cc2)c1. The zero-order valence-electron chi connectivity index (χ0n) is 18.2. The number of carbonyl (C=O) groups excluding carboxylic acids is 2. The van der Waals surface area contributed by atoms with Gasteiger partial charge in [0, 0.05) is 5.56 Å². The highest BCUT2D eigenvalue weighted by Gasteiger charge is 2.24. The molecule has 0 aromatic heterocycles. The molecule has 0 spiro atoms. The molecule has 32 heavy (non-hydrogen) atoms. The number of nitrogens with zero attached hydrogens (tertiary/aromatic N) is 1. The van der Waals surface area contributed by atoms with Crippen molar-refractivity contribution in [3.8, 4) is 5.75 Å². The summed E-state index contributed by atoms with van der Waals surface area (Å²) in [4.78, 5) is 28.9. The first-order chi connectivity index (χ1) is 15.4. The fraction of sp³-hybridized carbons (Fsp3) is 0.148. The first-order valence-electron chi connectivity index (χ1n) is 10.4. The summed E-state index contributed by atoms with van der Waals surface area (Å²) in [6.07, 6.45) is 1.64. The minimum absolute atomic E-state index is 0.220. The molecule has 0 saturated heterocycles. The van der Waals surface area contributed by atoms with Gasteiger partial charge in [0.2, 0.25) is 5.90 Å². The second kappa shape index (κ2) is 9.02. The lowest BCUT2D eigenvalue weighted by Crippen LogP contribution is -2.08. The average molecular weight is 425 g/mol. The molecule has 0 N–H and O–H groups in total. The molecule has 5 heteroatoms. The summed E-state index contributed by atoms with van der Waals surface area (Å²) in [7, 11) is 0. The number of ether oxygens (including phenoxy) is 2. The average Bonchev–Trinajstić information content (AvgIpc) is 3.15. The Morgan fingerprint density at radius 3 is 2.38 bits per heavy atom. The second-order valence-electron chi connectivity index (χ2n) is 7.94. The van der Waals surface area contributed by atoms with Crippen LogP contribution in [0.25, 0.3) is 6.08 Å². The number of carbonyl (C=O) groups is 2.